The maximum absolute atomic E-state index is 9.96. The number of hydrogen-bond acceptors (Lipinski definition) is 2. The maximum Gasteiger partial charge on any atom is 0.119 e. The first-order chi connectivity index (χ1) is 6.87. The van der Waals surface area contributed by atoms with Gasteiger partial charge in [-0.15, -0.1) is 0 Å². The lowest BCUT2D eigenvalue weighted by atomic mass is 9.75. The van der Waals surface area contributed by atoms with E-state index >= 15 is 0 Å². The third kappa shape index (κ3) is 1.53. The predicted octanol–water partition coefficient (Wildman–Crippen LogP) is 2.47. The fourth-order valence-electron chi connectivity index (χ4n) is 2.20. The summed E-state index contributed by atoms with van der Waals surface area (Å²) in [4.78, 5) is 0. The first kappa shape index (κ1) is 10.5. The van der Waals surface area contributed by atoms with E-state index in [-0.39, 0.29) is 11.0 Å². The van der Waals surface area contributed by atoms with E-state index in [4.69, 9.17) is 5.73 Å². The van der Waals surface area contributed by atoms with Crippen molar-refractivity contribution in [2.24, 2.45) is 5.73 Å². The molecule has 15 heavy (non-hydrogen) atoms. The van der Waals surface area contributed by atoms with Gasteiger partial charge >= 0.3 is 0 Å². The van der Waals surface area contributed by atoms with E-state index in [2.05, 4.69) is 13.8 Å². The first-order valence-electron chi connectivity index (χ1n) is 5.46. The Bertz CT molecular complexity index is 392. The summed E-state index contributed by atoms with van der Waals surface area (Å²) < 4.78 is 0. The van der Waals surface area contributed by atoms with Crippen molar-refractivity contribution < 1.29 is 5.11 Å². The van der Waals surface area contributed by atoms with Crippen molar-refractivity contribution in [1.29, 1.82) is 0 Å². The fourth-order valence-corrected chi connectivity index (χ4v) is 2.20. The van der Waals surface area contributed by atoms with Gasteiger partial charge in [-0.25, -0.2) is 0 Å². The summed E-state index contributed by atoms with van der Waals surface area (Å²) in [6.07, 6.45) is 2.10. The van der Waals surface area contributed by atoms with Crippen molar-refractivity contribution in [2.75, 3.05) is 0 Å². The minimum atomic E-state index is -0.148. The minimum Gasteiger partial charge on any atom is -0.508 e. The average molecular weight is 205 g/mol. The Kier molecular flexibility index (Phi) is 2.09. The number of hydrogen-bond donors (Lipinski definition) is 2. The normalized spacial score (nSPS) is 18.9. The molecule has 0 saturated heterocycles. The van der Waals surface area contributed by atoms with Gasteiger partial charge in [0.2, 0.25) is 0 Å². The monoisotopic (exact) mass is 205 g/mol. The van der Waals surface area contributed by atoms with E-state index in [0.29, 0.717) is 5.75 Å². The molecule has 1 fully saturated rings. The summed E-state index contributed by atoms with van der Waals surface area (Å²) in [5.41, 5.74) is 8.02. The number of phenols is 1. The third-order valence-electron chi connectivity index (χ3n) is 3.86. The Labute approximate surface area is 91.1 Å². The molecule has 1 saturated carbocycles. The van der Waals surface area contributed by atoms with Crippen molar-refractivity contribution in [3.05, 3.63) is 29.3 Å². The third-order valence-corrected chi connectivity index (χ3v) is 3.86. The van der Waals surface area contributed by atoms with Gasteiger partial charge in [-0.3, -0.25) is 0 Å². The van der Waals surface area contributed by atoms with Gasteiger partial charge < -0.3 is 10.8 Å². The van der Waals surface area contributed by atoms with Gasteiger partial charge in [0.1, 0.15) is 5.75 Å². The highest BCUT2D eigenvalue weighted by Crippen LogP contribution is 2.51. The summed E-state index contributed by atoms with van der Waals surface area (Å²) in [5.74, 6) is 0.372. The lowest BCUT2D eigenvalue weighted by Crippen LogP contribution is -2.43. The molecule has 0 amide bonds. The van der Waals surface area contributed by atoms with Gasteiger partial charge in [-0.1, -0.05) is 26.0 Å². The molecular weight excluding hydrogens is 186 g/mol. The zero-order chi connectivity index (χ0) is 11.3. The van der Waals surface area contributed by atoms with Gasteiger partial charge in [0, 0.05) is 16.5 Å². The van der Waals surface area contributed by atoms with Crippen LogP contribution in [0.2, 0.25) is 0 Å². The molecule has 82 valence electrons. The molecule has 0 aliphatic heterocycles. The molecule has 0 atom stereocenters. The SMILES string of the molecule is Cc1ccc(C(C)(C)C2(N)CC2)c(O)c1. The minimum absolute atomic E-state index is 0.125. The van der Waals surface area contributed by atoms with Crippen molar-refractivity contribution in [3.8, 4) is 5.75 Å². The molecule has 0 heterocycles. The highest BCUT2D eigenvalue weighted by atomic mass is 16.3. The zero-order valence-corrected chi connectivity index (χ0v) is 9.67. The topological polar surface area (TPSA) is 46.2 Å². The standard InChI is InChI=1S/C13H19NO/c1-9-4-5-10(11(15)8-9)12(2,3)13(14)6-7-13/h4-5,8,15H,6-7,14H2,1-3H3. The van der Waals surface area contributed by atoms with Crippen molar-refractivity contribution in [2.45, 2.75) is 44.6 Å². The molecule has 1 aromatic rings. The number of benzene rings is 1. The van der Waals surface area contributed by atoms with E-state index in [1.54, 1.807) is 0 Å². The Morgan fingerprint density at radius 3 is 2.40 bits per heavy atom. The maximum atomic E-state index is 9.96. The van der Waals surface area contributed by atoms with E-state index < -0.39 is 0 Å². The van der Waals surface area contributed by atoms with Crippen LogP contribution in [0.1, 0.15) is 37.8 Å². The molecular formula is C13H19NO. The molecule has 0 unspecified atom stereocenters. The highest BCUT2D eigenvalue weighted by Gasteiger charge is 2.52. The van der Waals surface area contributed by atoms with Crippen LogP contribution < -0.4 is 5.73 Å². The molecule has 2 heteroatoms. The van der Waals surface area contributed by atoms with Gasteiger partial charge in [0.25, 0.3) is 0 Å². The van der Waals surface area contributed by atoms with Crippen LogP contribution in [0.4, 0.5) is 0 Å². The lowest BCUT2D eigenvalue weighted by Gasteiger charge is -2.33. The Balaban J connectivity index is 2.45. The van der Waals surface area contributed by atoms with Crippen LogP contribution in [0.3, 0.4) is 0 Å². The molecule has 2 rings (SSSR count). The van der Waals surface area contributed by atoms with E-state index in [0.717, 1.165) is 24.0 Å². The van der Waals surface area contributed by atoms with Gasteiger partial charge in [0.05, 0.1) is 0 Å². The number of aryl methyl sites for hydroxylation is 1. The second-order valence-electron chi connectivity index (χ2n) is 5.30. The van der Waals surface area contributed by atoms with Gasteiger partial charge in [-0.05, 0) is 31.4 Å². The van der Waals surface area contributed by atoms with Gasteiger partial charge in [-0.2, -0.15) is 0 Å². The molecule has 1 aromatic carbocycles. The molecule has 0 aromatic heterocycles. The molecule has 1 aliphatic rings. The van der Waals surface area contributed by atoms with Crippen LogP contribution >= 0.6 is 0 Å². The van der Waals surface area contributed by atoms with Crippen LogP contribution in [0, 0.1) is 6.92 Å². The van der Waals surface area contributed by atoms with Crippen molar-refractivity contribution >= 4 is 0 Å². The van der Waals surface area contributed by atoms with Crippen LogP contribution in [-0.2, 0) is 5.41 Å². The Hall–Kier alpha value is -1.02. The zero-order valence-electron chi connectivity index (χ0n) is 9.67. The highest BCUT2D eigenvalue weighted by molar-refractivity contribution is 5.44. The summed E-state index contributed by atoms with van der Waals surface area (Å²) in [6.45, 7) is 6.21. The second-order valence-corrected chi connectivity index (χ2v) is 5.30. The smallest absolute Gasteiger partial charge is 0.119 e. The lowest BCUT2D eigenvalue weighted by molar-refractivity contribution is 0.367. The largest absolute Gasteiger partial charge is 0.508 e. The van der Waals surface area contributed by atoms with E-state index in [9.17, 15) is 5.11 Å². The first-order valence-corrected chi connectivity index (χ1v) is 5.46. The molecule has 0 bridgehead atoms. The molecule has 0 spiro atoms. The average Bonchev–Trinajstić information content (AvgIpc) is 2.84. The molecule has 3 N–H and O–H groups in total. The van der Waals surface area contributed by atoms with Crippen molar-refractivity contribution in [1.82, 2.24) is 0 Å². The summed E-state index contributed by atoms with van der Waals surface area (Å²) >= 11 is 0. The fraction of sp³-hybridized carbons (Fsp3) is 0.538. The van der Waals surface area contributed by atoms with Crippen LogP contribution in [0.5, 0.6) is 5.75 Å². The molecule has 0 radical (unpaired) electrons. The molecule has 1 aliphatic carbocycles. The number of aromatic hydroxyl groups is 1. The number of phenolic OH excluding ortho intramolecular Hbond substituents is 1. The molecule has 2 nitrogen and oxygen atoms in total. The predicted molar refractivity (Wildman–Crippen MR) is 62.0 cm³/mol. The van der Waals surface area contributed by atoms with Crippen LogP contribution in [0.15, 0.2) is 18.2 Å². The van der Waals surface area contributed by atoms with Gasteiger partial charge in [0.15, 0.2) is 0 Å². The summed E-state index contributed by atoms with van der Waals surface area (Å²) in [7, 11) is 0. The van der Waals surface area contributed by atoms with Crippen LogP contribution in [0.25, 0.3) is 0 Å². The quantitative estimate of drug-likeness (QED) is 0.779. The van der Waals surface area contributed by atoms with E-state index in [1.807, 2.05) is 25.1 Å². The van der Waals surface area contributed by atoms with E-state index in [1.165, 1.54) is 0 Å². The Morgan fingerprint density at radius 2 is 1.93 bits per heavy atom. The summed E-state index contributed by atoms with van der Waals surface area (Å²) in [6, 6.07) is 5.84. The Morgan fingerprint density at radius 1 is 1.33 bits per heavy atom. The van der Waals surface area contributed by atoms with Crippen molar-refractivity contribution in [3.63, 3.8) is 0 Å². The number of rotatable bonds is 2. The van der Waals surface area contributed by atoms with Crippen LogP contribution in [-0.4, -0.2) is 10.6 Å². The number of nitrogens with two attached hydrogens (primary N) is 1. The second kappa shape index (κ2) is 2.99. The summed E-state index contributed by atoms with van der Waals surface area (Å²) in [5, 5.41) is 9.96.